The molecule has 142 valence electrons. The number of fused-ring (bicyclic) bond motifs is 1. The standard InChI is InChI=1S/C20H26O6/c1-12(2)7-18(23)25-16-8-14(10-21)5-4-6-15(11-22)9-17-19(16)13(3)20(24)26-17/h5,9-10,12,16-17,19,22H,3-4,6-8,11H2,1-2H3/b14-5?,15-9-/t16-,17-,19-/m1/s1. The van der Waals surface area contributed by atoms with Crippen molar-refractivity contribution in [2.45, 2.75) is 51.7 Å². The minimum Gasteiger partial charge on any atom is -0.461 e. The molecule has 0 saturated carbocycles. The van der Waals surface area contributed by atoms with Crippen molar-refractivity contribution in [3.63, 3.8) is 0 Å². The van der Waals surface area contributed by atoms with Crippen molar-refractivity contribution in [1.29, 1.82) is 0 Å². The fraction of sp³-hybridized carbons (Fsp3) is 0.550. The second-order valence-electron chi connectivity index (χ2n) is 7.17. The zero-order chi connectivity index (χ0) is 19.3. The molecule has 3 atom stereocenters. The maximum atomic E-state index is 12.2. The largest absolute Gasteiger partial charge is 0.461 e. The van der Waals surface area contributed by atoms with Crippen molar-refractivity contribution in [3.05, 3.63) is 35.5 Å². The fourth-order valence-corrected chi connectivity index (χ4v) is 3.28. The van der Waals surface area contributed by atoms with Gasteiger partial charge in [-0.2, -0.15) is 0 Å². The Bertz CT molecular complexity index is 643. The molecule has 2 rings (SSSR count). The smallest absolute Gasteiger partial charge is 0.334 e. The second kappa shape index (κ2) is 8.94. The first-order valence-corrected chi connectivity index (χ1v) is 8.89. The van der Waals surface area contributed by atoms with Crippen molar-refractivity contribution < 1.29 is 29.0 Å². The highest BCUT2D eigenvalue weighted by atomic mass is 16.6. The molecule has 0 unspecified atom stereocenters. The number of aliphatic hydroxyl groups excluding tert-OH is 1. The number of aldehydes is 1. The van der Waals surface area contributed by atoms with Crippen LogP contribution in [0.1, 0.15) is 39.5 Å². The third-order valence-electron chi connectivity index (χ3n) is 4.58. The fourth-order valence-electron chi connectivity index (χ4n) is 3.28. The number of ether oxygens (including phenoxy) is 2. The van der Waals surface area contributed by atoms with E-state index in [0.717, 1.165) is 6.29 Å². The summed E-state index contributed by atoms with van der Waals surface area (Å²) >= 11 is 0. The van der Waals surface area contributed by atoms with E-state index < -0.39 is 24.1 Å². The van der Waals surface area contributed by atoms with Crippen molar-refractivity contribution in [2.24, 2.45) is 11.8 Å². The molecule has 6 heteroatoms. The molecule has 1 heterocycles. The Hall–Kier alpha value is -2.21. The van der Waals surface area contributed by atoms with Crippen LogP contribution in [0.3, 0.4) is 0 Å². The molecule has 26 heavy (non-hydrogen) atoms. The second-order valence-corrected chi connectivity index (χ2v) is 7.17. The van der Waals surface area contributed by atoms with Gasteiger partial charge in [0.25, 0.3) is 0 Å². The topological polar surface area (TPSA) is 89.9 Å². The molecule has 1 aliphatic carbocycles. The van der Waals surface area contributed by atoms with Gasteiger partial charge in [0.05, 0.1) is 12.5 Å². The molecule has 0 spiro atoms. The molecular formula is C20H26O6. The third-order valence-corrected chi connectivity index (χ3v) is 4.58. The van der Waals surface area contributed by atoms with Gasteiger partial charge in [0.1, 0.15) is 18.5 Å². The molecule has 0 aromatic heterocycles. The summed E-state index contributed by atoms with van der Waals surface area (Å²) in [7, 11) is 0. The summed E-state index contributed by atoms with van der Waals surface area (Å²) in [6.45, 7) is 7.45. The first kappa shape index (κ1) is 20.1. The number of esters is 2. The molecule has 1 aliphatic heterocycles. The molecule has 1 N–H and O–H groups in total. The van der Waals surface area contributed by atoms with Gasteiger partial charge < -0.3 is 14.6 Å². The Morgan fingerprint density at radius 3 is 2.85 bits per heavy atom. The lowest BCUT2D eigenvalue weighted by Crippen LogP contribution is -2.34. The first-order valence-electron chi connectivity index (χ1n) is 8.89. The van der Waals surface area contributed by atoms with Gasteiger partial charge in [0.2, 0.25) is 0 Å². The van der Waals surface area contributed by atoms with Crippen molar-refractivity contribution in [2.75, 3.05) is 6.61 Å². The number of hydrogen-bond donors (Lipinski definition) is 1. The van der Waals surface area contributed by atoms with Crippen LogP contribution in [0.4, 0.5) is 0 Å². The highest BCUT2D eigenvalue weighted by molar-refractivity contribution is 5.91. The van der Waals surface area contributed by atoms with Crippen LogP contribution in [-0.2, 0) is 23.9 Å². The van der Waals surface area contributed by atoms with E-state index in [1.54, 1.807) is 12.2 Å². The molecule has 2 aliphatic rings. The SMILES string of the molecule is C=C1C(=O)O[C@@H]2/C=C(\CO)CCC=C(C=O)C[C@@H](OC(=O)CC(C)C)[C@@H]12. The van der Waals surface area contributed by atoms with Crippen LogP contribution >= 0.6 is 0 Å². The van der Waals surface area contributed by atoms with E-state index in [1.807, 2.05) is 13.8 Å². The van der Waals surface area contributed by atoms with Gasteiger partial charge in [-0.1, -0.05) is 26.5 Å². The first-order chi connectivity index (χ1) is 12.3. The van der Waals surface area contributed by atoms with E-state index in [-0.39, 0.29) is 36.9 Å². The molecule has 6 nitrogen and oxygen atoms in total. The van der Waals surface area contributed by atoms with Gasteiger partial charge in [-0.05, 0) is 36.0 Å². The van der Waals surface area contributed by atoms with Gasteiger partial charge >= 0.3 is 11.9 Å². The Balaban J connectivity index is 2.38. The lowest BCUT2D eigenvalue weighted by molar-refractivity contribution is -0.153. The quantitative estimate of drug-likeness (QED) is 0.349. The molecule has 0 bridgehead atoms. The van der Waals surface area contributed by atoms with Crippen LogP contribution in [0.15, 0.2) is 35.5 Å². The van der Waals surface area contributed by atoms with E-state index in [4.69, 9.17) is 9.47 Å². The predicted molar refractivity (Wildman–Crippen MR) is 95.0 cm³/mol. The minimum absolute atomic E-state index is 0.129. The van der Waals surface area contributed by atoms with Crippen LogP contribution < -0.4 is 0 Å². The highest BCUT2D eigenvalue weighted by Gasteiger charge is 2.44. The number of aliphatic hydroxyl groups is 1. The number of carbonyl (C=O) groups is 3. The van der Waals surface area contributed by atoms with E-state index in [1.165, 1.54) is 0 Å². The monoisotopic (exact) mass is 362 g/mol. The Morgan fingerprint density at radius 2 is 2.23 bits per heavy atom. The molecule has 1 fully saturated rings. The van der Waals surface area contributed by atoms with Crippen LogP contribution in [0.25, 0.3) is 0 Å². The summed E-state index contributed by atoms with van der Waals surface area (Å²) in [5.41, 5.74) is 1.42. The Morgan fingerprint density at radius 1 is 1.50 bits per heavy atom. The van der Waals surface area contributed by atoms with Gasteiger partial charge in [0.15, 0.2) is 0 Å². The van der Waals surface area contributed by atoms with Crippen molar-refractivity contribution in [3.8, 4) is 0 Å². The number of carbonyl (C=O) groups excluding carboxylic acids is 3. The summed E-state index contributed by atoms with van der Waals surface area (Å²) in [5, 5.41) is 9.55. The van der Waals surface area contributed by atoms with Gasteiger partial charge in [-0.15, -0.1) is 0 Å². The van der Waals surface area contributed by atoms with Gasteiger partial charge in [0, 0.05) is 18.4 Å². The molecule has 0 aromatic carbocycles. The average molecular weight is 362 g/mol. The zero-order valence-electron chi connectivity index (χ0n) is 15.3. The molecule has 1 saturated heterocycles. The van der Waals surface area contributed by atoms with Crippen LogP contribution in [0.5, 0.6) is 0 Å². The summed E-state index contributed by atoms with van der Waals surface area (Å²) < 4.78 is 11.0. The van der Waals surface area contributed by atoms with E-state index in [2.05, 4.69) is 6.58 Å². The number of rotatable bonds is 5. The van der Waals surface area contributed by atoms with Gasteiger partial charge in [-0.25, -0.2) is 4.79 Å². The lowest BCUT2D eigenvalue weighted by Gasteiger charge is -2.27. The molecule has 0 amide bonds. The summed E-state index contributed by atoms with van der Waals surface area (Å²) in [6, 6.07) is 0. The van der Waals surface area contributed by atoms with Crippen LogP contribution in [0, 0.1) is 11.8 Å². The minimum atomic E-state index is -0.726. The maximum absolute atomic E-state index is 12.2. The lowest BCUT2D eigenvalue weighted by atomic mass is 9.85. The predicted octanol–water partition coefficient (Wildman–Crippen LogP) is 2.27. The maximum Gasteiger partial charge on any atom is 0.334 e. The van der Waals surface area contributed by atoms with Crippen molar-refractivity contribution >= 4 is 18.2 Å². The zero-order valence-corrected chi connectivity index (χ0v) is 15.3. The Kier molecular flexibility index (Phi) is 6.91. The average Bonchev–Trinajstić information content (AvgIpc) is 2.85. The number of hydrogen-bond acceptors (Lipinski definition) is 6. The van der Waals surface area contributed by atoms with Gasteiger partial charge in [-0.3, -0.25) is 9.59 Å². The van der Waals surface area contributed by atoms with Crippen LogP contribution in [-0.4, -0.2) is 42.1 Å². The molecular weight excluding hydrogens is 336 g/mol. The van der Waals surface area contributed by atoms with E-state index in [0.29, 0.717) is 24.0 Å². The Labute approximate surface area is 153 Å². The highest BCUT2D eigenvalue weighted by Crippen LogP contribution is 2.36. The van der Waals surface area contributed by atoms with E-state index in [9.17, 15) is 19.5 Å². The molecule has 0 aromatic rings. The normalized spacial score (nSPS) is 28.5. The molecule has 0 radical (unpaired) electrons. The van der Waals surface area contributed by atoms with E-state index >= 15 is 0 Å². The number of allylic oxidation sites excluding steroid dienone is 1. The third kappa shape index (κ3) is 4.91. The summed E-state index contributed by atoms with van der Waals surface area (Å²) in [6.07, 6.45) is 4.40. The van der Waals surface area contributed by atoms with Crippen molar-refractivity contribution in [1.82, 2.24) is 0 Å². The van der Waals surface area contributed by atoms with Crippen LogP contribution in [0.2, 0.25) is 0 Å². The summed E-state index contributed by atoms with van der Waals surface area (Å²) in [5.74, 6) is -1.38. The summed E-state index contributed by atoms with van der Waals surface area (Å²) in [4.78, 5) is 35.7.